The number of benzene rings is 5. The molecule has 0 saturated heterocycles. The lowest BCUT2D eigenvalue weighted by Gasteiger charge is -2.10. The molecule has 0 N–H and O–H groups in total. The number of carbonyl (C=O) groups excluding carboxylic acids is 6. The number of carbonyl (C=O) groups is 6. The minimum absolute atomic E-state index is 0.00757. The van der Waals surface area contributed by atoms with E-state index in [9.17, 15) is 28.8 Å². The van der Waals surface area contributed by atoms with E-state index in [0.717, 1.165) is 62.1 Å². The molecule has 0 radical (unpaired) electrons. The van der Waals surface area contributed by atoms with Gasteiger partial charge in [-0.25, -0.2) is 9.59 Å². The molecule has 15 heteroatoms. The van der Waals surface area contributed by atoms with Gasteiger partial charge in [0.15, 0.2) is 0 Å². The number of aryl methyl sites for hydroxylation is 1. The number of ether oxygens (including phenoxy) is 9. The fourth-order valence-corrected chi connectivity index (χ4v) is 6.11. The van der Waals surface area contributed by atoms with Crippen molar-refractivity contribution in [1.82, 2.24) is 0 Å². The Morgan fingerprint density at radius 1 is 0.423 bits per heavy atom. The molecule has 0 aromatic heterocycles. The van der Waals surface area contributed by atoms with Gasteiger partial charge < -0.3 is 42.6 Å². The molecule has 0 aliphatic rings. The quantitative estimate of drug-likeness (QED) is 0.0184. The molecule has 15 nitrogen and oxygen atoms in total. The second-order valence-electron chi connectivity index (χ2n) is 15.0. The summed E-state index contributed by atoms with van der Waals surface area (Å²) < 4.78 is 46.9. The maximum Gasteiger partial charge on any atom is 0.330 e. The molecule has 0 aliphatic carbocycles. The largest absolute Gasteiger partial charge is 0.490 e. The fourth-order valence-electron chi connectivity index (χ4n) is 6.11. The van der Waals surface area contributed by atoms with Gasteiger partial charge in [-0.3, -0.25) is 19.2 Å². The molecule has 0 amide bonds. The SMILES string of the molecule is C=CC(=O)OCCOC(=O)CCC(=O)OCCOc1ccc(C#Cc2ccc(OCc3ccc4cc(C#Cc5ccc(OCCOC(=O)CCC(=O)OCCOC(=O)C=C)cc5)ccc4c3)c(C)c2)cc1. The van der Waals surface area contributed by atoms with Crippen molar-refractivity contribution in [3.8, 4) is 40.9 Å². The predicted molar refractivity (Wildman–Crippen MR) is 260 cm³/mol. The molecule has 0 aliphatic heterocycles. The summed E-state index contributed by atoms with van der Waals surface area (Å²) in [6.07, 6.45) is 1.39. The third kappa shape index (κ3) is 20.1. The Kier molecular flexibility index (Phi) is 21.8. The first-order valence-corrected chi connectivity index (χ1v) is 22.4. The first kappa shape index (κ1) is 53.1. The Morgan fingerprint density at radius 2 is 0.803 bits per heavy atom. The monoisotopic (exact) mass is 964 g/mol. The van der Waals surface area contributed by atoms with Crippen LogP contribution >= 0.6 is 0 Å². The number of hydrogen-bond donors (Lipinski definition) is 0. The van der Waals surface area contributed by atoms with E-state index < -0.39 is 35.8 Å². The van der Waals surface area contributed by atoms with E-state index in [-0.39, 0.29) is 78.5 Å². The fraction of sp³-hybridized carbons (Fsp3) is 0.250. The van der Waals surface area contributed by atoms with Crippen molar-refractivity contribution in [3.05, 3.63) is 162 Å². The molecule has 0 unspecified atom stereocenters. The molecule has 0 atom stereocenters. The zero-order valence-electron chi connectivity index (χ0n) is 39.2. The van der Waals surface area contributed by atoms with Crippen molar-refractivity contribution in [1.29, 1.82) is 0 Å². The van der Waals surface area contributed by atoms with Crippen LogP contribution in [0.1, 0.15) is 59.1 Å². The van der Waals surface area contributed by atoms with E-state index >= 15 is 0 Å². The highest BCUT2D eigenvalue weighted by molar-refractivity contribution is 5.85. The first-order chi connectivity index (χ1) is 34.5. The lowest BCUT2D eigenvalue weighted by atomic mass is 10.0. The van der Waals surface area contributed by atoms with Gasteiger partial charge in [-0.05, 0) is 114 Å². The highest BCUT2D eigenvalue weighted by Crippen LogP contribution is 2.23. The average Bonchev–Trinajstić information content (AvgIpc) is 3.38. The number of fused-ring (bicyclic) bond motifs is 1. The Bertz CT molecular complexity index is 2790. The molecular formula is C56H52O15. The number of esters is 6. The van der Waals surface area contributed by atoms with Crippen LogP contribution in [-0.4, -0.2) is 88.7 Å². The lowest BCUT2D eigenvalue weighted by molar-refractivity contribution is -0.153. The second-order valence-corrected chi connectivity index (χ2v) is 15.0. The molecule has 71 heavy (non-hydrogen) atoms. The average molecular weight is 965 g/mol. The summed E-state index contributed by atoms with van der Waals surface area (Å²) in [5, 5.41) is 2.11. The van der Waals surface area contributed by atoms with Crippen LogP contribution in [0.5, 0.6) is 17.2 Å². The van der Waals surface area contributed by atoms with Crippen molar-refractivity contribution in [3.63, 3.8) is 0 Å². The molecule has 0 heterocycles. The third-order valence-corrected chi connectivity index (χ3v) is 9.70. The molecular weight excluding hydrogens is 913 g/mol. The number of rotatable bonds is 25. The van der Waals surface area contributed by atoms with Crippen LogP contribution in [0.4, 0.5) is 0 Å². The van der Waals surface area contributed by atoms with Crippen LogP contribution in [-0.2, 0) is 63.8 Å². The third-order valence-electron chi connectivity index (χ3n) is 9.70. The summed E-state index contributed by atoms with van der Waals surface area (Å²) >= 11 is 0. The van der Waals surface area contributed by atoms with E-state index in [2.05, 4.69) is 49.0 Å². The summed E-state index contributed by atoms with van der Waals surface area (Å²) in [6.45, 7) is 8.75. The summed E-state index contributed by atoms with van der Waals surface area (Å²) in [5.41, 5.74) is 5.27. The van der Waals surface area contributed by atoms with Crippen molar-refractivity contribution in [2.75, 3.05) is 52.9 Å². The van der Waals surface area contributed by atoms with Gasteiger partial charge in [0.05, 0.1) is 25.7 Å². The Balaban J connectivity index is 0.975. The Labute approximate surface area is 411 Å². The van der Waals surface area contributed by atoms with Crippen molar-refractivity contribution in [2.24, 2.45) is 0 Å². The van der Waals surface area contributed by atoms with Crippen LogP contribution in [0, 0.1) is 30.6 Å². The lowest BCUT2D eigenvalue weighted by Crippen LogP contribution is -2.16. The van der Waals surface area contributed by atoms with E-state index in [1.807, 2.05) is 73.7 Å². The molecule has 5 aromatic rings. The van der Waals surface area contributed by atoms with Crippen molar-refractivity contribution in [2.45, 2.75) is 39.2 Å². The second kappa shape index (κ2) is 29.2. The maximum absolute atomic E-state index is 11.9. The van der Waals surface area contributed by atoms with Gasteiger partial charge in [-0.1, -0.05) is 55.0 Å². The molecule has 366 valence electrons. The van der Waals surface area contributed by atoms with Crippen LogP contribution in [0.3, 0.4) is 0 Å². The summed E-state index contributed by atoms with van der Waals surface area (Å²) in [4.78, 5) is 69.3. The minimum Gasteiger partial charge on any atom is -0.490 e. The Morgan fingerprint density at radius 3 is 1.27 bits per heavy atom. The zero-order valence-corrected chi connectivity index (χ0v) is 39.2. The van der Waals surface area contributed by atoms with Gasteiger partial charge in [-0.15, -0.1) is 0 Å². The summed E-state index contributed by atoms with van der Waals surface area (Å²) in [6, 6.07) is 32.5. The van der Waals surface area contributed by atoms with Crippen LogP contribution in [0.2, 0.25) is 0 Å². The van der Waals surface area contributed by atoms with E-state index in [4.69, 9.17) is 42.6 Å². The van der Waals surface area contributed by atoms with Gasteiger partial charge >= 0.3 is 35.8 Å². The van der Waals surface area contributed by atoms with Crippen LogP contribution in [0.25, 0.3) is 10.8 Å². The van der Waals surface area contributed by atoms with Crippen LogP contribution in [0.15, 0.2) is 128 Å². The van der Waals surface area contributed by atoms with E-state index in [0.29, 0.717) is 18.1 Å². The normalized spacial score (nSPS) is 10.2. The molecule has 5 aromatic carbocycles. The van der Waals surface area contributed by atoms with Crippen LogP contribution < -0.4 is 14.2 Å². The highest BCUT2D eigenvalue weighted by Gasteiger charge is 2.12. The smallest absolute Gasteiger partial charge is 0.330 e. The van der Waals surface area contributed by atoms with Gasteiger partial charge in [0.25, 0.3) is 0 Å². The molecule has 0 spiro atoms. The predicted octanol–water partition coefficient (Wildman–Crippen LogP) is 7.48. The summed E-state index contributed by atoms with van der Waals surface area (Å²) in [7, 11) is 0. The Hall–Kier alpha value is -8.82. The van der Waals surface area contributed by atoms with E-state index in [1.165, 1.54) is 0 Å². The molecule has 0 fully saturated rings. The van der Waals surface area contributed by atoms with E-state index in [1.54, 1.807) is 24.3 Å². The van der Waals surface area contributed by atoms with Gasteiger partial charge in [0.2, 0.25) is 0 Å². The summed E-state index contributed by atoms with van der Waals surface area (Å²) in [5.74, 6) is 11.1. The van der Waals surface area contributed by atoms with Gasteiger partial charge in [-0.2, -0.15) is 0 Å². The van der Waals surface area contributed by atoms with Crippen molar-refractivity contribution < 1.29 is 71.4 Å². The molecule has 0 saturated carbocycles. The highest BCUT2D eigenvalue weighted by atomic mass is 16.6. The van der Waals surface area contributed by atoms with Gasteiger partial charge in [0.1, 0.15) is 76.7 Å². The van der Waals surface area contributed by atoms with Gasteiger partial charge in [0, 0.05) is 34.4 Å². The van der Waals surface area contributed by atoms with Crippen molar-refractivity contribution >= 4 is 46.6 Å². The topological polar surface area (TPSA) is 185 Å². The zero-order chi connectivity index (χ0) is 50.6. The number of hydrogen-bond acceptors (Lipinski definition) is 15. The molecule has 0 bridgehead atoms. The maximum atomic E-state index is 11.9. The standard InChI is InChI=1S/C56H52O15/c1-4-51(57)65-32-34-69-55(61)26-24-53(59)67-30-28-63-48-19-12-41(13-20-48)6-8-43-16-23-50(40(3)36-43)71-39-45-11-18-46-37-44(10-17-47(46)38-45)9-7-42-14-21-49(22-15-42)64-29-31-68-54(60)25-27-56(62)70-35-33-66-52(58)5-2/h4-5,10-23,36-38H,1-2,24-35,39H2,3H3. The first-order valence-electron chi connectivity index (χ1n) is 22.4. The minimum atomic E-state index is -0.617. The molecule has 5 rings (SSSR count).